The van der Waals surface area contributed by atoms with E-state index in [0.717, 1.165) is 37.2 Å². The Morgan fingerprint density at radius 2 is 1.96 bits per heavy atom. The van der Waals surface area contributed by atoms with Crippen LogP contribution >= 0.6 is 23.2 Å². The number of nitrogens with one attached hydrogen (secondary N) is 1. The number of anilines is 1. The summed E-state index contributed by atoms with van der Waals surface area (Å²) >= 11 is 12.0. The van der Waals surface area contributed by atoms with Crippen molar-refractivity contribution in [2.45, 2.75) is 12.8 Å². The van der Waals surface area contributed by atoms with Crippen LogP contribution in [0.5, 0.6) is 0 Å². The zero-order valence-corrected chi connectivity index (χ0v) is 15.3. The number of hydrogen-bond acceptors (Lipinski definition) is 3. The second-order valence-electron chi connectivity index (χ2n) is 6.48. The highest BCUT2D eigenvalue weighted by atomic mass is 35.5. The molecule has 1 N–H and O–H groups in total. The number of halogens is 3. The van der Waals surface area contributed by atoms with Gasteiger partial charge in [0.25, 0.3) is 0 Å². The number of nitrogens with zero attached hydrogens (tertiary/aromatic N) is 2. The van der Waals surface area contributed by atoms with Crippen molar-refractivity contribution in [3.05, 3.63) is 47.2 Å². The van der Waals surface area contributed by atoms with Gasteiger partial charge in [0.1, 0.15) is 11.6 Å². The lowest BCUT2D eigenvalue weighted by atomic mass is 9.97. The van der Waals surface area contributed by atoms with Crippen LogP contribution in [0.2, 0.25) is 5.02 Å². The molecular formula is C19H16Cl2FN3O. The first-order valence-electron chi connectivity index (χ1n) is 8.41. The van der Waals surface area contributed by atoms with Crippen molar-refractivity contribution in [1.29, 1.82) is 0 Å². The van der Waals surface area contributed by atoms with E-state index in [0.29, 0.717) is 21.9 Å². The summed E-state index contributed by atoms with van der Waals surface area (Å²) in [5.41, 5.74) is 3.08. The van der Waals surface area contributed by atoms with Crippen molar-refractivity contribution < 1.29 is 9.18 Å². The zero-order chi connectivity index (χ0) is 18.3. The van der Waals surface area contributed by atoms with Gasteiger partial charge in [-0.3, -0.25) is 4.79 Å². The fourth-order valence-electron chi connectivity index (χ4n) is 3.37. The van der Waals surface area contributed by atoms with Crippen LogP contribution in [0.3, 0.4) is 0 Å². The van der Waals surface area contributed by atoms with Gasteiger partial charge in [-0.25, -0.2) is 9.37 Å². The molecule has 1 aliphatic heterocycles. The Hall–Kier alpha value is -2.11. The highest BCUT2D eigenvalue weighted by Crippen LogP contribution is 2.33. The van der Waals surface area contributed by atoms with Crippen LogP contribution in [0.15, 0.2) is 36.4 Å². The Morgan fingerprint density at radius 3 is 2.69 bits per heavy atom. The van der Waals surface area contributed by atoms with Crippen LogP contribution in [-0.2, 0) is 4.79 Å². The summed E-state index contributed by atoms with van der Waals surface area (Å²) in [6.07, 6.45) is 1.48. The molecular weight excluding hydrogens is 376 g/mol. The third-order valence-corrected chi connectivity index (χ3v) is 5.47. The molecule has 0 unspecified atom stereocenters. The number of hydrogen-bond donors (Lipinski definition) is 1. The number of fused-ring (bicyclic) bond motifs is 1. The number of piperidine rings is 1. The van der Waals surface area contributed by atoms with Gasteiger partial charge in [0, 0.05) is 30.3 Å². The molecule has 0 atom stereocenters. The number of aromatic nitrogens is 2. The maximum atomic E-state index is 13.4. The lowest BCUT2D eigenvalue weighted by Gasteiger charge is -2.32. The molecule has 0 bridgehead atoms. The molecule has 7 heteroatoms. The monoisotopic (exact) mass is 391 g/mol. The van der Waals surface area contributed by atoms with Crippen molar-refractivity contribution in [1.82, 2.24) is 9.97 Å². The van der Waals surface area contributed by atoms with E-state index >= 15 is 0 Å². The first-order valence-corrected chi connectivity index (χ1v) is 9.16. The van der Waals surface area contributed by atoms with Gasteiger partial charge in [0.2, 0.25) is 5.24 Å². The molecule has 3 aromatic rings. The SMILES string of the molecule is O=C(Cl)C1CCN(c2ccc(Cl)c(-c3nc4ccc(F)cc4[nH]3)c2)CC1. The summed E-state index contributed by atoms with van der Waals surface area (Å²) in [5, 5.41) is 0.315. The van der Waals surface area contributed by atoms with E-state index < -0.39 is 0 Å². The molecule has 26 heavy (non-hydrogen) atoms. The van der Waals surface area contributed by atoms with Crippen molar-refractivity contribution in [2.75, 3.05) is 18.0 Å². The van der Waals surface area contributed by atoms with Crippen LogP contribution in [0.25, 0.3) is 22.4 Å². The molecule has 4 nitrogen and oxygen atoms in total. The molecule has 2 aromatic carbocycles. The Labute approximate surface area is 159 Å². The minimum absolute atomic E-state index is 0.0649. The quantitative estimate of drug-likeness (QED) is 0.638. The highest BCUT2D eigenvalue weighted by Gasteiger charge is 2.24. The molecule has 134 valence electrons. The molecule has 1 aliphatic rings. The van der Waals surface area contributed by atoms with Crippen LogP contribution in [0.1, 0.15) is 12.8 Å². The molecule has 2 heterocycles. The molecule has 4 rings (SSSR count). The average Bonchev–Trinajstić information content (AvgIpc) is 3.05. The number of imidazole rings is 1. The van der Waals surface area contributed by atoms with Crippen LogP contribution < -0.4 is 4.90 Å². The predicted molar refractivity (Wildman–Crippen MR) is 102 cm³/mol. The van der Waals surface area contributed by atoms with Gasteiger partial charge in [-0.05, 0) is 60.8 Å². The molecule has 1 saturated heterocycles. The minimum atomic E-state index is -0.316. The maximum absolute atomic E-state index is 13.4. The molecule has 0 spiro atoms. The minimum Gasteiger partial charge on any atom is -0.371 e. The summed E-state index contributed by atoms with van der Waals surface area (Å²) in [5.74, 6) is 0.220. The third-order valence-electron chi connectivity index (χ3n) is 4.83. The van der Waals surface area contributed by atoms with Gasteiger partial charge in [-0.15, -0.1) is 0 Å². The largest absolute Gasteiger partial charge is 0.371 e. The number of carbonyl (C=O) groups excluding carboxylic acids is 1. The first kappa shape index (κ1) is 17.3. The van der Waals surface area contributed by atoms with Crippen LogP contribution in [0, 0.1) is 11.7 Å². The van der Waals surface area contributed by atoms with E-state index in [2.05, 4.69) is 14.9 Å². The number of carbonyl (C=O) groups is 1. The summed E-state index contributed by atoms with van der Waals surface area (Å²) in [4.78, 5) is 21.2. The summed E-state index contributed by atoms with van der Waals surface area (Å²) in [6, 6.07) is 10.2. The topological polar surface area (TPSA) is 49.0 Å². The van der Waals surface area contributed by atoms with Crippen molar-refractivity contribution in [3.63, 3.8) is 0 Å². The Balaban J connectivity index is 1.65. The van der Waals surface area contributed by atoms with Gasteiger partial charge in [-0.2, -0.15) is 0 Å². The first-order chi connectivity index (χ1) is 12.5. The molecule has 1 fully saturated rings. The number of aromatic amines is 1. The van der Waals surface area contributed by atoms with E-state index in [9.17, 15) is 9.18 Å². The van der Waals surface area contributed by atoms with Gasteiger partial charge in [-0.1, -0.05) is 11.6 Å². The zero-order valence-electron chi connectivity index (χ0n) is 13.8. The van der Waals surface area contributed by atoms with E-state index in [1.165, 1.54) is 12.1 Å². The van der Waals surface area contributed by atoms with Gasteiger partial charge in [0.05, 0.1) is 16.1 Å². The normalized spacial score (nSPS) is 15.6. The summed E-state index contributed by atoms with van der Waals surface area (Å²) in [6.45, 7) is 1.52. The van der Waals surface area contributed by atoms with E-state index in [-0.39, 0.29) is 17.0 Å². The average molecular weight is 392 g/mol. The third kappa shape index (κ3) is 3.29. The van der Waals surface area contributed by atoms with Crippen molar-refractivity contribution in [2.24, 2.45) is 5.92 Å². The lowest BCUT2D eigenvalue weighted by Crippen LogP contribution is -2.35. The molecule has 0 amide bonds. The van der Waals surface area contributed by atoms with Crippen LogP contribution in [-0.4, -0.2) is 28.3 Å². The molecule has 1 aromatic heterocycles. The number of rotatable bonds is 3. The molecule has 0 aliphatic carbocycles. The maximum Gasteiger partial charge on any atom is 0.224 e. The second-order valence-corrected chi connectivity index (χ2v) is 7.26. The Bertz CT molecular complexity index is 980. The second kappa shape index (κ2) is 6.89. The number of benzene rings is 2. The van der Waals surface area contributed by atoms with Crippen molar-refractivity contribution >= 4 is 45.2 Å². The van der Waals surface area contributed by atoms with Gasteiger partial charge >= 0.3 is 0 Å². The van der Waals surface area contributed by atoms with E-state index in [1.54, 1.807) is 6.07 Å². The fourth-order valence-corrected chi connectivity index (χ4v) is 3.79. The summed E-state index contributed by atoms with van der Waals surface area (Å²) in [7, 11) is 0. The van der Waals surface area contributed by atoms with Crippen molar-refractivity contribution in [3.8, 4) is 11.4 Å². The lowest BCUT2D eigenvalue weighted by molar-refractivity contribution is -0.115. The summed E-state index contributed by atoms with van der Waals surface area (Å²) < 4.78 is 13.4. The standard InChI is InChI=1S/C19H16Cl2FN3O/c20-15-3-2-13(25-7-5-11(6-8-25)18(21)26)10-14(15)19-23-16-4-1-12(22)9-17(16)24-19/h1-4,9-11H,5-8H2,(H,23,24). The Kier molecular flexibility index (Phi) is 4.59. The van der Waals surface area contributed by atoms with E-state index in [4.69, 9.17) is 23.2 Å². The molecule has 0 saturated carbocycles. The van der Waals surface area contributed by atoms with Crippen LogP contribution in [0.4, 0.5) is 10.1 Å². The van der Waals surface area contributed by atoms with Gasteiger partial charge < -0.3 is 9.88 Å². The van der Waals surface area contributed by atoms with Gasteiger partial charge in [0.15, 0.2) is 0 Å². The van der Waals surface area contributed by atoms with E-state index in [1.807, 2.05) is 18.2 Å². The molecule has 0 radical (unpaired) electrons. The fraction of sp³-hybridized carbons (Fsp3) is 0.263. The number of H-pyrrole nitrogens is 1. The smallest absolute Gasteiger partial charge is 0.224 e. The highest BCUT2D eigenvalue weighted by molar-refractivity contribution is 6.64. The Morgan fingerprint density at radius 1 is 1.19 bits per heavy atom. The predicted octanol–water partition coefficient (Wildman–Crippen LogP) is 5.00.